The molecule has 3 rings (SSSR count). The smallest absolute Gasteiger partial charge is 0.379 e. The molecule has 0 aliphatic carbocycles. The lowest BCUT2D eigenvalue weighted by atomic mass is 10.0. The van der Waals surface area contributed by atoms with Gasteiger partial charge in [-0.05, 0) is 36.8 Å². The molecule has 0 spiro atoms. The molecule has 0 aromatic heterocycles. The Morgan fingerprint density at radius 1 is 1.07 bits per heavy atom. The van der Waals surface area contributed by atoms with Crippen LogP contribution in [0.15, 0.2) is 48.5 Å². The highest BCUT2D eigenvalue weighted by Crippen LogP contribution is 2.29. The minimum absolute atomic E-state index is 0.201. The molecule has 1 heterocycles. The molecule has 0 unspecified atom stereocenters. The number of halogens is 3. The number of carbonyl (C=O) groups excluding carboxylic acids is 1. The van der Waals surface area contributed by atoms with Gasteiger partial charge in [0, 0.05) is 25.2 Å². The van der Waals surface area contributed by atoms with Gasteiger partial charge < -0.3 is 10.1 Å². The molecule has 28 heavy (non-hydrogen) atoms. The monoisotopic (exact) mass is 392 g/mol. The molecule has 1 atom stereocenters. The maximum Gasteiger partial charge on any atom is 0.416 e. The second kappa shape index (κ2) is 8.75. The van der Waals surface area contributed by atoms with Crippen molar-refractivity contribution in [2.75, 3.05) is 32.8 Å². The van der Waals surface area contributed by atoms with Crippen LogP contribution >= 0.6 is 0 Å². The molecule has 0 saturated carbocycles. The van der Waals surface area contributed by atoms with Crippen LogP contribution < -0.4 is 5.32 Å². The van der Waals surface area contributed by atoms with Gasteiger partial charge in [0.15, 0.2) is 0 Å². The van der Waals surface area contributed by atoms with Gasteiger partial charge in [0.2, 0.25) is 0 Å². The Morgan fingerprint density at radius 2 is 1.68 bits per heavy atom. The van der Waals surface area contributed by atoms with Gasteiger partial charge in [-0.3, -0.25) is 9.69 Å². The summed E-state index contributed by atoms with van der Waals surface area (Å²) in [6, 6.07) is 11.9. The van der Waals surface area contributed by atoms with Crippen LogP contribution in [-0.4, -0.2) is 43.7 Å². The number of hydrogen-bond acceptors (Lipinski definition) is 3. The minimum Gasteiger partial charge on any atom is -0.379 e. The summed E-state index contributed by atoms with van der Waals surface area (Å²) in [7, 11) is 0. The first kappa shape index (κ1) is 20.4. The van der Waals surface area contributed by atoms with Crippen LogP contribution in [0.3, 0.4) is 0 Å². The van der Waals surface area contributed by atoms with Gasteiger partial charge in [0.05, 0.1) is 24.8 Å². The fourth-order valence-corrected chi connectivity index (χ4v) is 3.13. The summed E-state index contributed by atoms with van der Waals surface area (Å²) in [5.74, 6) is -0.396. The van der Waals surface area contributed by atoms with E-state index in [2.05, 4.69) is 10.2 Å². The lowest BCUT2D eigenvalue weighted by Crippen LogP contribution is -2.43. The molecule has 1 amide bonds. The Morgan fingerprint density at radius 3 is 2.25 bits per heavy atom. The number of hydrogen-bond donors (Lipinski definition) is 1. The van der Waals surface area contributed by atoms with Crippen molar-refractivity contribution in [3.63, 3.8) is 0 Å². The third kappa shape index (κ3) is 5.33. The molecule has 1 saturated heterocycles. The number of carbonyl (C=O) groups is 1. The number of aryl methyl sites for hydroxylation is 1. The van der Waals surface area contributed by atoms with Gasteiger partial charge in [0.25, 0.3) is 5.91 Å². The Bertz CT molecular complexity index is 783. The van der Waals surface area contributed by atoms with E-state index in [1.807, 2.05) is 31.2 Å². The molecule has 0 bridgehead atoms. The zero-order valence-electron chi connectivity index (χ0n) is 15.6. The van der Waals surface area contributed by atoms with E-state index < -0.39 is 17.6 Å². The zero-order valence-corrected chi connectivity index (χ0v) is 15.6. The topological polar surface area (TPSA) is 41.6 Å². The maximum atomic E-state index is 12.7. The maximum absolute atomic E-state index is 12.7. The summed E-state index contributed by atoms with van der Waals surface area (Å²) in [6.45, 7) is 5.44. The van der Waals surface area contributed by atoms with Crippen molar-refractivity contribution >= 4 is 5.91 Å². The van der Waals surface area contributed by atoms with E-state index in [1.54, 1.807) is 0 Å². The SMILES string of the molecule is Cc1ccc([C@@H](CN2CCOCC2)NC(=O)c2ccc(C(F)(F)F)cc2)cc1. The van der Waals surface area contributed by atoms with Crippen LogP contribution in [-0.2, 0) is 10.9 Å². The second-order valence-electron chi connectivity index (χ2n) is 6.92. The summed E-state index contributed by atoms with van der Waals surface area (Å²) in [5, 5.41) is 2.97. The number of alkyl halides is 3. The van der Waals surface area contributed by atoms with Crippen LogP contribution in [0.5, 0.6) is 0 Å². The van der Waals surface area contributed by atoms with Crippen molar-refractivity contribution in [3.8, 4) is 0 Å². The van der Waals surface area contributed by atoms with Crippen molar-refractivity contribution in [1.82, 2.24) is 10.2 Å². The van der Waals surface area contributed by atoms with E-state index in [0.29, 0.717) is 19.8 Å². The fourth-order valence-electron chi connectivity index (χ4n) is 3.13. The van der Waals surface area contributed by atoms with Gasteiger partial charge in [0.1, 0.15) is 0 Å². The van der Waals surface area contributed by atoms with Crippen molar-refractivity contribution in [2.45, 2.75) is 19.1 Å². The molecule has 2 aromatic rings. The van der Waals surface area contributed by atoms with E-state index in [1.165, 1.54) is 12.1 Å². The first-order valence-corrected chi connectivity index (χ1v) is 9.18. The number of benzene rings is 2. The zero-order chi connectivity index (χ0) is 20.1. The lowest BCUT2D eigenvalue weighted by Gasteiger charge is -2.31. The van der Waals surface area contributed by atoms with Gasteiger partial charge in [-0.1, -0.05) is 29.8 Å². The van der Waals surface area contributed by atoms with E-state index in [-0.39, 0.29) is 11.6 Å². The summed E-state index contributed by atoms with van der Waals surface area (Å²) < 4.78 is 43.6. The highest BCUT2D eigenvalue weighted by atomic mass is 19.4. The Kier molecular flexibility index (Phi) is 6.36. The van der Waals surface area contributed by atoms with Gasteiger partial charge in [-0.15, -0.1) is 0 Å². The van der Waals surface area contributed by atoms with E-state index in [9.17, 15) is 18.0 Å². The van der Waals surface area contributed by atoms with Crippen LogP contribution in [0.25, 0.3) is 0 Å². The molecule has 2 aromatic carbocycles. The number of nitrogens with one attached hydrogen (secondary N) is 1. The molecule has 1 aliphatic rings. The molecule has 7 heteroatoms. The largest absolute Gasteiger partial charge is 0.416 e. The standard InChI is InChI=1S/C21H23F3N2O2/c1-15-2-4-16(5-3-15)19(14-26-10-12-28-13-11-26)25-20(27)17-6-8-18(9-7-17)21(22,23)24/h2-9,19H,10-14H2,1H3,(H,25,27)/t19-/m1/s1. The number of rotatable bonds is 5. The van der Waals surface area contributed by atoms with Crippen molar-refractivity contribution in [2.24, 2.45) is 0 Å². The molecule has 1 aliphatic heterocycles. The van der Waals surface area contributed by atoms with Crippen molar-refractivity contribution < 1.29 is 22.7 Å². The summed E-state index contributed by atoms with van der Waals surface area (Å²) in [5.41, 5.74) is 1.50. The molecule has 1 N–H and O–H groups in total. The molecular weight excluding hydrogens is 369 g/mol. The van der Waals surface area contributed by atoms with E-state index in [4.69, 9.17) is 4.74 Å². The molecule has 0 radical (unpaired) electrons. The average Bonchev–Trinajstić information content (AvgIpc) is 2.68. The second-order valence-corrected chi connectivity index (χ2v) is 6.92. The van der Waals surface area contributed by atoms with Crippen molar-refractivity contribution in [1.29, 1.82) is 0 Å². The van der Waals surface area contributed by atoms with Crippen molar-refractivity contribution in [3.05, 3.63) is 70.8 Å². The summed E-state index contributed by atoms with van der Waals surface area (Å²) in [6.07, 6.45) is -4.42. The third-order valence-corrected chi connectivity index (χ3v) is 4.80. The third-order valence-electron chi connectivity index (χ3n) is 4.80. The summed E-state index contributed by atoms with van der Waals surface area (Å²) in [4.78, 5) is 14.9. The highest BCUT2D eigenvalue weighted by molar-refractivity contribution is 5.94. The Balaban J connectivity index is 1.75. The van der Waals surface area contributed by atoms with Gasteiger partial charge >= 0.3 is 6.18 Å². The summed E-state index contributed by atoms with van der Waals surface area (Å²) >= 11 is 0. The van der Waals surface area contributed by atoms with Crippen LogP contribution in [0.2, 0.25) is 0 Å². The van der Waals surface area contributed by atoms with Crippen LogP contribution in [0, 0.1) is 6.92 Å². The molecule has 150 valence electrons. The van der Waals surface area contributed by atoms with E-state index >= 15 is 0 Å². The predicted molar refractivity (Wildman–Crippen MR) is 100 cm³/mol. The minimum atomic E-state index is -4.42. The molecule has 1 fully saturated rings. The molecule has 4 nitrogen and oxygen atoms in total. The quantitative estimate of drug-likeness (QED) is 0.841. The lowest BCUT2D eigenvalue weighted by molar-refractivity contribution is -0.137. The fraction of sp³-hybridized carbons (Fsp3) is 0.381. The highest BCUT2D eigenvalue weighted by Gasteiger charge is 2.30. The predicted octanol–water partition coefficient (Wildman–Crippen LogP) is 3.82. The first-order valence-electron chi connectivity index (χ1n) is 9.18. The van der Waals surface area contributed by atoms with E-state index in [0.717, 1.165) is 36.3 Å². The Labute approximate surface area is 162 Å². The number of nitrogens with zero attached hydrogens (tertiary/aromatic N) is 1. The van der Waals surface area contributed by atoms with Gasteiger partial charge in [-0.25, -0.2) is 0 Å². The normalized spacial score (nSPS) is 16.6. The average molecular weight is 392 g/mol. The van der Waals surface area contributed by atoms with Crippen LogP contribution in [0.4, 0.5) is 13.2 Å². The number of ether oxygens (including phenoxy) is 1. The Hall–Kier alpha value is -2.38. The first-order chi connectivity index (χ1) is 13.3. The number of amides is 1. The van der Waals surface area contributed by atoms with Crippen LogP contribution in [0.1, 0.15) is 33.1 Å². The van der Waals surface area contributed by atoms with Gasteiger partial charge in [-0.2, -0.15) is 13.2 Å². The number of morpholine rings is 1. The molecular formula is C21H23F3N2O2.